The minimum absolute atomic E-state index is 0.107. The fourth-order valence-corrected chi connectivity index (χ4v) is 11.4. The Kier molecular flexibility index (Phi) is 6.97. The molecule has 0 bridgehead atoms. The van der Waals surface area contributed by atoms with Gasteiger partial charge in [0.15, 0.2) is 6.17 Å². The van der Waals surface area contributed by atoms with E-state index in [1.807, 2.05) is 60.7 Å². The van der Waals surface area contributed by atoms with Crippen molar-refractivity contribution in [3.05, 3.63) is 196 Å². The maximum atomic E-state index is 10.5. The normalized spacial score (nSPS) is 20.4. The second-order valence-corrected chi connectivity index (χ2v) is 23.9. The second kappa shape index (κ2) is 15.1. The molecule has 7 aromatic carbocycles. The molecule has 2 unspecified atom stereocenters. The molecule has 4 aliphatic rings. The van der Waals surface area contributed by atoms with Gasteiger partial charge in [-0.2, -0.15) is 0 Å². The Balaban J connectivity index is 1.24. The summed E-state index contributed by atoms with van der Waals surface area (Å²) in [4.78, 5) is 4.21. The smallest absolute Gasteiger partial charge is 0.410 e. The minimum atomic E-state index is -3.02. The van der Waals surface area contributed by atoms with Gasteiger partial charge in [-0.05, 0) is 127 Å². The Bertz CT molecular complexity index is 4150. The van der Waals surface area contributed by atoms with Gasteiger partial charge in [0.05, 0.1) is 25.2 Å². The first-order valence-electron chi connectivity index (χ1n) is 31.2. The lowest BCUT2D eigenvalue weighted by molar-refractivity contribution is -0.774. The third kappa shape index (κ3) is 6.66. The molecule has 0 radical (unpaired) electrons. The highest BCUT2D eigenvalue weighted by Crippen LogP contribution is 2.68. The van der Waals surface area contributed by atoms with Crippen LogP contribution in [0.5, 0.6) is 5.75 Å². The molecule has 4 nitrogen and oxygen atoms in total. The van der Waals surface area contributed by atoms with Gasteiger partial charge in [-0.3, -0.25) is 0 Å². The molecule has 2 atom stereocenters. The molecule has 356 valence electrons. The first kappa shape index (κ1) is 32.9. The van der Waals surface area contributed by atoms with Crippen molar-refractivity contribution in [3.63, 3.8) is 0 Å². The van der Waals surface area contributed by atoms with Crippen molar-refractivity contribution in [1.29, 1.82) is 0 Å². The van der Waals surface area contributed by atoms with Crippen molar-refractivity contribution in [1.82, 2.24) is 0 Å². The summed E-state index contributed by atoms with van der Waals surface area (Å²) in [6.07, 6.45) is -1.40. The fraction of sp³-hybridized carbons (Fsp3) is 0.299. The van der Waals surface area contributed by atoms with E-state index in [2.05, 4.69) is 141 Å². The third-order valence-electron chi connectivity index (χ3n) is 15.0. The number of ether oxygens (including phenoxy) is 1. The zero-order chi connectivity index (χ0) is 61.0. The van der Waals surface area contributed by atoms with Crippen molar-refractivity contribution in [2.24, 2.45) is 0 Å². The summed E-state index contributed by atoms with van der Waals surface area (Å²) in [7, 11) is 0. The van der Waals surface area contributed by atoms with Crippen LogP contribution >= 0.6 is 0 Å². The molecule has 0 saturated heterocycles. The van der Waals surface area contributed by atoms with E-state index in [0.29, 0.717) is 33.9 Å². The van der Waals surface area contributed by atoms with Crippen molar-refractivity contribution in [3.8, 4) is 61.5 Å². The Hall–Kier alpha value is -6.91. The molecule has 1 aromatic heterocycles. The summed E-state index contributed by atoms with van der Waals surface area (Å²) in [5.41, 5.74) is 9.14. The highest BCUT2D eigenvalue weighted by molar-refractivity contribution is 6.02. The SMILES string of the molecule is [2H]c1c([2H])c(C([2H])([2H])[2H])c([2H])c([2H])c1-c1c([2H])c([2H])[n+]2c(c1[2H])-c1cc(C(C)(C)C)cc3c1C21Oc2c(cc(C(C)(C)C)cc2C(C)(C)C)C2N(c4ccc(-c5c(-c6ccccc6)cccc5C(C)(C)C)cc4C([2H])([2H])[2H])c4cccc-3c4N21. The molecule has 0 saturated carbocycles. The van der Waals surface area contributed by atoms with Crippen LogP contribution in [0.25, 0.3) is 55.8 Å². The second-order valence-electron chi connectivity index (χ2n) is 23.9. The maximum Gasteiger partial charge on any atom is 0.432 e. The van der Waals surface area contributed by atoms with Crippen LogP contribution in [0.3, 0.4) is 0 Å². The minimum Gasteiger partial charge on any atom is -0.410 e. The molecule has 5 heterocycles. The number of fused-ring (bicyclic) bond motifs is 5. The van der Waals surface area contributed by atoms with Gasteiger partial charge in [0, 0.05) is 48.3 Å². The van der Waals surface area contributed by atoms with E-state index in [1.165, 1.54) is 0 Å². The van der Waals surface area contributed by atoms with Crippen molar-refractivity contribution in [2.75, 3.05) is 9.80 Å². The molecule has 4 heteroatoms. The summed E-state index contributed by atoms with van der Waals surface area (Å²) in [5.74, 6) is -1.44. The topological polar surface area (TPSA) is 19.6 Å². The fourth-order valence-electron chi connectivity index (χ4n) is 11.4. The first-order valence-corrected chi connectivity index (χ1v) is 24.7. The number of rotatable bonds is 4. The summed E-state index contributed by atoms with van der Waals surface area (Å²) in [6.45, 7) is 19.8. The number of pyridine rings is 1. The number of aromatic nitrogens is 1. The van der Waals surface area contributed by atoms with E-state index in [-0.39, 0.29) is 28.3 Å². The molecule has 0 aliphatic carbocycles. The predicted molar refractivity (Wildman–Crippen MR) is 296 cm³/mol. The number of hydrogen-bond donors (Lipinski definition) is 0. The third-order valence-corrected chi connectivity index (χ3v) is 15.0. The molecule has 0 N–H and O–H groups in total. The van der Waals surface area contributed by atoms with Crippen LogP contribution in [0.15, 0.2) is 152 Å². The molecule has 4 aliphatic heterocycles. The van der Waals surface area contributed by atoms with Crippen molar-refractivity contribution >= 4 is 17.1 Å². The largest absolute Gasteiger partial charge is 0.432 e. The van der Waals surface area contributed by atoms with Crippen molar-refractivity contribution < 1.29 is 27.1 Å². The summed E-state index contributed by atoms with van der Waals surface area (Å²) in [5, 5.41) is 0. The van der Waals surface area contributed by atoms with Crippen LogP contribution in [0.4, 0.5) is 17.1 Å². The van der Waals surface area contributed by atoms with E-state index >= 15 is 0 Å². The van der Waals surface area contributed by atoms with E-state index in [0.717, 1.165) is 61.2 Å². The van der Waals surface area contributed by atoms with E-state index in [4.69, 9.17) is 11.6 Å². The van der Waals surface area contributed by atoms with Gasteiger partial charge in [-0.1, -0.05) is 186 Å². The average molecular weight is 944 g/mol. The van der Waals surface area contributed by atoms with Crippen molar-refractivity contribution in [2.45, 2.75) is 130 Å². The van der Waals surface area contributed by atoms with Crippen LogP contribution < -0.4 is 19.1 Å². The molecule has 71 heavy (non-hydrogen) atoms. The Labute approximate surface area is 440 Å². The number of hydrogen-bond acceptors (Lipinski definition) is 3. The quantitative estimate of drug-likeness (QED) is 0.164. The van der Waals surface area contributed by atoms with E-state index < -0.39 is 89.5 Å². The number of para-hydroxylation sites is 1. The highest BCUT2D eigenvalue weighted by Gasteiger charge is 2.70. The zero-order valence-corrected chi connectivity index (χ0v) is 42.7. The van der Waals surface area contributed by atoms with Crippen LogP contribution in [0, 0.1) is 13.7 Å². The molecule has 8 aromatic rings. The molecule has 1 spiro atoms. The molecular weight excluding hydrogens is 863 g/mol. The Morgan fingerprint density at radius 1 is 0.563 bits per heavy atom. The number of anilines is 3. The van der Waals surface area contributed by atoms with Crippen LogP contribution in [-0.2, 0) is 27.5 Å². The predicted octanol–water partition coefficient (Wildman–Crippen LogP) is 17.2. The van der Waals surface area contributed by atoms with Gasteiger partial charge in [-0.15, -0.1) is 4.57 Å². The van der Waals surface area contributed by atoms with Gasteiger partial charge < -0.3 is 9.64 Å². The first-order chi connectivity index (χ1) is 38.9. The molecular formula is C67H68N3O+. The standard InChI is InChI=1S/C67H68N3O/c1-40-26-28-42(29-27-40)44-32-33-68-57(35-44)51-37-46(63(3,4)5)36-50-49-23-19-25-56-60(49)70-62(52-38-47(64(6,7)8)39-54(66(12,13)14)61(52)71-67(68,70)59(50)51)69(56)55-31-30-45(34-41(55)2)58-48(43-20-16-15-17-21-43)22-18-24-53(58)65(9,10)11/h15-39,62H,1-14H3/q+1/i1D3,2D3,26D,27D,28D,29D,32D,33D,35D. The lowest BCUT2D eigenvalue weighted by Gasteiger charge is -2.49. The van der Waals surface area contributed by atoms with E-state index in [9.17, 15) is 11.0 Å². The lowest BCUT2D eigenvalue weighted by atomic mass is 9.77. The maximum absolute atomic E-state index is 10.5. The number of aryl methyl sites for hydroxylation is 1. The highest BCUT2D eigenvalue weighted by atomic mass is 16.5. The zero-order valence-electron chi connectivity index (χ0n) is 55.7. The average Bonchev–Trinajstić information content (AvgIpc) is 1.46. The van der Waals surface area contributed by atoms with Crippen LogP contribution in [0.2, 0.25) is 0 Å². The summed E-state index contributed by atoms with van der Waals surface area (Å²) < 4.78 is 130. The Morgan fingerprint density at radius 2 is 1.25 bits per heavy atom. The van der Waals surface area contributed by atoms with Gasteiger partial charge in [0.25, 0.3) is 0 Å². The Morgan fingerprint density at radius 3 is 1.94 bits per heavy atom. The molecule has 12 rings (SSSR count). The number of benzene rings is 7. The lowest BCUT2D eigenvalue weighted by Crippen LogP contribution is -2.71. The molecule has 0 fully saturated rings. The van der Waals surface area contributed by atoms with Crippen LogP contribution in [0.1, 0.15) is 152 Å². The van der Waals surface area contributed by atoms with Gasteiger partial charge >= 0.3 is 5.85 Å². The van der Waals surface area contributed by atoms with Crippen LogP contribution in [-0.4, -0.2) is 0 Å². The number of nitrogens with zero attached hydrogens (tertiary/aromatic N) is 3. The monoisotopic (exact) mass is 944 g/mol. The summed E-state index contributed by atoms with van der Waals surface area (Å²) >= 11 is 0. The summed E-state index contributed by atoms with van der Waals surface area (Å²) in [6, 6.07) is 32.4. The van der Waals surface area contributed by atoms with Gasteiger partial charge in [0.1, 0.15) is 18.8 Å². The molecule has 0 amide bonds. The van der Waals surface area contributed by atoms with Gasteiger partial charge in [0.2, 0.25) is 5.69 Å². The van der Waals surface area contributed by atoms with Gasteiger partial charge in [-0.25, -0.2) is 4.90 Å². The van der Waals surface area contributed by atoms with E-state index in [1.54, 1.807) is 4.57 Å².